The number of halogens is 1. The van der Waals surface area contributed by atoms with Gasteiger partial charge in [-0.1, -0.05) is 0 Å². The first-order valence-electron chi connectivity index (χ1n) is 12.6. The van der Waals surface area contributed by atoms with Crippen molar-refractivity contribution in [3.63, 3.8) is 0 Å². The molecule has 2 fully saturated rings. The average molecular weight is 588 g/mol. The second kappa shape index (κ2) is 10.2. The number of hydrogen-bond acceptors (Lipinski definition) is 11. The number of amides is 1. The molecule has 1 aliphatic carbocycles. The fourth-order valence-electron chi connectivity index (χ4n) is 5.46. The number of H-pyrrole nitrogens is 1. The first-order valence-corrected chi connectivity index (χ1v) is 14.1. The summed E-state index contributed by atoms with van der Waals surface area (Å²) in [6.07, 6.45) is 3.65. The first kappa shape index (κ1) is 27.2. The van der Waals surface area contributed by atoms with Crippen molar-refractivity contribution in [2.24, 2.45) is 11.7 Å². The monoisotopic (exact) mass is 588 g/mol. The number of anilines is 2. The number of ether oxygens (including phenoxy) is 2. The number of carbonyl (C=O) groups excluding carboxylic acids is 1. The van der Waals surface area contributed by atoms with Crippen molar-refractivity contribution in [3.8, 4) is 11.8 Å². The molecule has 1 aromatic carbocycles. The van der Waals surface area contributed by atoms with Crippen LogP contribution in [0.4, 0.5) is 20.7 Å². The molecule has 15 nitrogen and oxygen atoms in total. The van der Waals surface area contributed by atoms with Gasteiger partial charge in [0.1, 0.15) is 23.1 Å². The minimum Gasteiger partial charge on any atom is -0.421 e. The molecule has 0 radical (unpaired) electrons. The van der Waals surface area contributed by atoms with Gasteiger partial charge in [-0.05, 0) is 37.8 Å². The molecule has 0 spiro atoms. The largest absolute Gasteiger partial charge is 0.472 e. The van der Waals surface area contributed by atoms with Crippen LogP contribution in [0.1, 0.15) is 18.7 Å². The van der Waals surface area contributed by atoms with E-state index in [4.69, 9.17) is 30.0 Å². The van der Waals surface area contributed by atoms with Crippen molar-refractivity contribution in [1.82, 2.24) is 24.9 Å². The van der Waals surface area contributed by atoms with Crippen LogP contribution in [-0.2, 0) is 13.8 Å². The number of nitrogens with zero attached hydrogens (tertiary/aromatic N) is 6. The van der Waals surface area contributed by atoms with E-state index in [0.717, 1.165) is 23.8 Å². The Kier molecular flexibility index (Phi) is 6.74. The lowest BCUT2D eigenvalue weighted by Gasteiger charge is -2.31. The van der Waals surface area contributed by atoms with E-state index < -0.39 is 26.5 Å². The molecule has 4 heterocycles. The highest BCUT2D eigenvalue weighted by Crippen LogP contribution is 2.44. The first-order chi connectivity index (χ1) is 19.5. The lowest BCUT2D eigenvalue weighted by molar-refractivity contribution is 0.0440. The fraction of sp³-hybridized carbons (Fsp3) is 0.375. The fourth-order valence-corrected chi connectivity index (χ4v) is 5.65. The van der Waals surface area contributed by atoms with E-state index in [1.165, 1.54) is 25.5 Å². The molecule has 216 valence electrons. The lowest BCUT2D eigenvalue weighted by atomic mass is 10.0. The second-order valence-electron chi connectivity index (χ2n) is 10.0. The van der Waals surface area contributed by atoms with Gasteiger partial charge in [-0.2, -0.15) is 9.97 Å². The zero-order chi connectivity index (χ0) is 29.1. The Morgan fingerprint density at radius 2 is 2.02 bits per heavy atom. The van der Waals surface area contributed by atoms with Crippen LogP contribution >= 0.6 is 7.82 Å². The highest BCUT2D eigenvalue weighted by molar-refractivity contribution is 7.46. The van der Waals surface area contributed by atoms with E-state index in [1.807, 2.05) is 0 Å². The number of carbonyl (C=O) groups is 1. The molecule has 17 heteroatoms. The topological polar surface area (TPSA) is 202 Å². The summed E-state index contributed by atoms with van der Waals surface area (Å²) in [5, 5.41) is 0.939. The summed E-state index contributed by atoms with van der Waals surface area (Å²) in [6.45, 7) is 1.40. The Labute approximate surface area is 231 Å². The summed E-state index contributed by atoms with van der Waals surface area (Å²) in [6, 6.07) is 2.68. The molecule has 1 aliphatic heterocycles. The number of nitrogens with one attached hydrogen (secondary N) is 1. The van der Waals surface area contributed by atoms with Gasteiger partial charge in [-0.25, -0.2) is 28.2 Å². The van der Waals surface area contributed by atoms with Crippen molar-refractivity contribution < 1.29 is 37.5 Å². The number of aryl methyl sites for hydroxylation is 1. The van der Waals surface area contributed by atoms with Gasteiger partial charge < -0.3 is 34.9 Å². The quantitative estimate of drug-likeness (QED) is 0.181. The third-order valence-electron chi connectivity index (χ3n) is 7.34. The minimum absolute atomic E-state index is 0.0166. The molecule has 41 heavy (non-hydrogen) atoms. The number of phosphoric acid groups is 1. The number of phosphoric ester groups is 1. The lowest BCUT2D eigenvalue weighted by Crippen LogP contribution is -2.41. The second-order valence-corrected chi connectivity index (χ2v) is 11.2. The van der Waals surface area contributed by atoms with Crippen LogP contribution in [0.15, 0.2) is 24.5 Å². The summed E-state index contributed by atoms with van der Waals surface area (Å²) >= 11 is 0. The van der Waals surface area contributed by atoms with Crippen molar-refractivity contribution in [2.75, 3.05) is 30.2 Å². The smallest absolute Gasteiger partial charge is 0.421 e. The van der Waals surface area contributed by atoms with Gasteiger partial charge in [0.05, 0.1) is 29.0 Å². The molecule has 3 aromatic heterocycles. The van der Waals surface area contributed by atoms with Crippen molar-refractivity contribution in [3.05, 3.63) is 36.2 Å². The molecule has 6 rings (SSSR count). The maximum Gasteiger partial charge on any atom is 0.472 e. The number of fused-ring (bicyclic) bond motifs is 5. The molecule has 5 N–H and O–H groups in total. The molecule has 2 aliphatic rings. The van der Waals surface area contributed by atoms with Gasteiger partial charge in [-0.3, -0.25) is 4.90 Å². The summed E-state index contributed by atoms with van der Waals surface area (Å²) in [5.41, 5.74) is 7.06. The van der Waals surface area contributed by atoms with Gasteiger partial charge in [0.25, 0.3) is 0 Å². The number of nitrogens with two attached hydrogens (primary N) is 1. The van der Waals surface area contributed by atoms with Gasteiger partial charge in [0, 0.05) is 31.1 Å². The van der Waals surface area contributed by atoms with Crippen LogP contribution in [0, 0.1) is 18.7 Å². The summed E-state index contributed by atoms with van der Waals surface area (Å²) in [7, 11) is -3.54. The summed E-state index contributed by atoms with van der Waals surface area (Å²) < 4.78 is 40.8. The maximum atomic E-state index is 15.0. The minimum atomic E-state index is -4.86. The van der Waals surface area contributed by atoms with Gasteiger partial charge in [0.2, 0.25) is 6.79 Å². The van der Waals surface area contributed by atoms with E-state index >= 15 is 4.39 Å². The van der Waals surface area contributed by atoms with E-state index in [9.17, 15) is 9.36 Å². The van der Waals surface area contributed by atoms with Gasteiger partial charge >= 0.3 is 19.9 Å². The SMILES string of the molecule is Cc1ncc(Oc2nc(N3C[C@H]4C[C@@H]3C[C@H]4N)c3c(n2)[nH]c2c(N(C)C(=O)OCOP(=O)(O)O)cc(F)cc23)cn1. The van der Waals surface area contributed by atoms with Crippen LogP contribution < -0.4 is 20.3 Å². The Morgan fingerprint density at radius 1 is 1.27 bits per heavy atom. The average Bonchev–Trinajstić information content (AvgIpc) is 3.60. The normalized spacial score (nSPS) is 20.2. The zero-order valence-electron chi connectivity index (χ0n) is 21.9. The van der Waals surface area contributed by atoms with Crippen LogP contribution in [0.25, 0.3) is 21.9 Å². The number of benzene rings is 1. The van der Waals surface area contributed by atoms with Crippen molar-refractivity contribution in [2.45, 2.75) is 31.8 Å². The van der Waals surface area contributed by atoms with Crippen LogP contribution in [0.2, 0.25) is 0 Å². The third kappa shape index (κ3) is 5.27. The predicted octanol–water partition coefficient (Wildman–Crippen LogP) is 2.71. The van der Waals surface area contributed by atoms with Crippen molar-refractivity contribution >= 4 is 47.4 Å². The summed E-state index contributed by atoms with van der Waals surface area (Å²) in [5.74, 6) is 1.07. The number of hydrogen-bond donors (Lipinski definition) is 4. The molecular formula is C24H26FN8O7P. The van der Waals surface area contributed by atoms with Gasteiger partial charge in [0.15, 0.2) is 5.75 Å². The number of piperidine rings is 1. The number of aromatic amines is 1. The van der Waals surface area contributed by atoms with Crippen LogP contribution in [0.5, 0.6) is 11.8 Å². The summed E-state index contributed by atoms with van der Waals surface area (Å²) in [4.78, 5) is 54.1. The van der Waals surface area contributed by atoms with Crippen molar-refractivity contribution in [1.29, 1.82) is 0 Å². The molecule has 4 aromatic rings. The molecule has 2 bridgehead atoms. The Bertz CT molecular complexity index is 1700. The van der Waals surface area contributed by atoms with E-state index in [-0.39, 0.29) is 29.7 Å². The Morgan fingerprint density at radius 3 is 2.68 bits per heavy atom. The Hall–Kier alpha value is -3.95. The Balaban J connectivity index is 1.44. The highest BCUT2D eigenvalue weighted by Gasteiger charge is 2.44. The number of rotatable bonds is 7. The highest BCUT2D eigenvalue weighted by atomic mass is 31.2. The molecular weight excluding hydrogens is 562 g/mol. The van der Waals surface area contributed by atoms with Gasteiger partial charge in [-0.15, -0.1) is 0 Å². The standard InChI is InChI=1S/C24H26FN8O7P/c1-11-27-7-15(8-28-11)40-23-30-21-19(22(31-23)33-9-12-3-14(33)6-17(12)26)16-4-13(25)5-18(20(16)29-21)32(2)24(34)38-10-39-41(35,36)37/h4-5,7-8,12,14,17H,3,6,9-10,26H2,1-2H3,(H,29,30,31)(H2,35,36,37)/t12-,14-,17-/m1/s1. The molecule has 3 atom stereocenters. The molecule has 1 saturated heterocycles. The molecule has 0 unspecified atom stereocenters. The molecule has 1 saturated carbocycles. The zero-order valence-corrected chi connectivity index (χ0v) is 22.8. The van der Waals surface area contributed by atoms with E-state index in [1.54, 1.807) is 6.92 Å². The van der Waals surface area contributed by atoms with Crippen LogP contribution in [0.3, 0.4) is 0 Å². The maximum absolute atomic E-state index is 15.0. The van der Waals surface area contributed by atoms with E-state index in [0.29, 0.717) is 45.9 Å². The third-order valence-corrected chi connectivity index (χ3v) is 7.78. The number of aromatic nitrogens is 5. The molecule has 1 amide bonds. The van der Waals surface area contributed by atoms with Crippen LogP contribution in [-0.4, -0.2) is 73.3 Å². The predicted molar refractivity (Wildman–Crippen MR) is 143 cm³/mol. The van der Waals surface area contributed by atoms with E-state index in [2.05, 4.69) is 29.4 Å².